The summed E-state index contributed by atoms with van der Waals surface area (Å²) < 4.78 is 5.42. The molecule has 0 spiro atoms. The van der Waals surface area contributed by atoms with E-state index in [4.69, 9.17) is 22.1 Å². The smallest absolute Gasteiger partial charge is 0.257 e. The van der Waals surface area contributed by atoms with Gasteiger partial charge in [-0.2, -0.15) is 0 Å². The van der Waals surface area contributed by atoms with E-state index in [1.54, 1.807) is 30.3 Å². The summed E-state index contributed by atoms with van der Waals surface area (Å²) >= 11 is 6.09. The number of rotatable bonds is 5. The molecule has 0 heterocycles. The van der Waals surface area contributed by atoms with Crippen LogP contribution in [-0.2, 0) is 0 Å². The molecule has 21 heavy (non-hydrogen) atoms. The third-order valence-electron chi connectivity index (χ3n) is 2.85. The Bertz CT molecular complexity index is 644. The second-order valence-corrected chi connectivity index (χ2v) is 5.01. The Kier molecular flexibility index (Phi) is 5.20. The predicted octanol–water partition coefficient (Wildman–Crippen LogP) is 3.24. The van der Waals surface area contributed by atoms with Crippen LogP contribution in [0.15, 0.2) is 42.5 Å². The average Bonchev–Trinajstić information content (AvgIpc) is 2.45. The van der Waals surface area contributed by atoms with Gasteiger partial charge in [0.05, 0.1) is 10.6 Å². The number of carbonyl (C=O) groups is 1. The number of anilines is 1. The van der Waals surface area contributed by atoms with Crippen LogP contribution in [0.2, 0.25) is 5.02 Å². The van der Waals surface area contributed by atoms with Crippen molar-refractivity contribution >= 4 is 23.2 Å². The van der Waals surface area contributed by atoms with E-state index in [2.05, 4.69) is 5.32 Å². The van der Waals surface area contributed by atoms with Crippen molar-refractivity contribution in [3.8, 4) is 5.75 Å². The highest BCUT2D eigenvalue weighted by Gasteiger charge is 2.10. The van der Waals surface area contributed by atoms with Crippen LogP contribution in [-0.4, -0.2) is 19.1 Å². The zero-order chi connectivity index (χ0) is 15.2. The fourth-order valence-corrected chi connectivity index (χ4v) is 2.16. The molecule has 2 aromatic rings. The quantitative estimate of drug-likeness (QED) is 0.891. The number of nitrogens with one attached hydrogen (secondary N) is 1. The minimum absolute atomic E-state index is 0.254. The highest BCUT2D eigenvalue weighted by molar-refractivity contribution is 6.34. The van der Waals surface area contributed by atoms with Gasteiger partial charge in [0.15, 0.2) is 0 Å². The molecule has 0 fully saturated rings. The zero-order valence-corrected chi connectivity index (χ0v) is 12.5. The van der Waals surface area contributed by atoms with Gasteiger partial charge in [-0.3, -0.25) is 4.79 Å². The van der Waals surface area contributed by atoms with Crippen molar-refractivity contribution in [2.24, 2.45) is 5.73 Å². The SMILES string of the molecule is Cc1ccc(C(=O)Nc2cccc(OCCN)c2)c(Cl)c1. The van der Waals surface area contributed by atoms with Gasteiger partial charge in [-0.25, -0.2) is 0 Å². The van der Waals surface area contributed by atoms with Crippen molar-refractivity contribution in [2.75, 3.05) is 18.5 Å². The van der Waals surface area contributed by atoms with Crippen molar-refractivity contribution < 1.29 is 9.53 Å². The fourth-order valence-electron chi connectivity index (χ4n) is 1.84. The van der Waals surface area contributed by atoms with Crippen molar-refractivity contribution in [1.82, 2.24) is 0 Å². The number of hydrogen-bond acceptors (Lipinski definition) is 3. The average molecular weight is 305 g/mol. The number of carbonyl (C=O) groups excluding carboxylic acids is 1. The molecular weight excluding hydrogens is 288 g/mol. The van der Waals surface area contributed by atoms with Gasteiger partial charge in [0.1, 0.15) is 12.4 Å². The summed E-state index contributed by atoms with van der Waals surface area (Å²) in [7, 11) is 0. The molecule has 2 aromatic carbocycles. The number of halogens is 1. The molecule has 0 saturated carbocycles. The maximum atomic E-state index is 12.2. The van der Waals surface area contributed by atoms with E-state index >= 15 is 0 Å². The first kappa shape index (κ1) is 15.4. The van der Waals surface area contributed by atoms with Crippen molar-refractivity contribution in [1.29, 1.82) is 0 Å². The topological polar surface area (TPSA) is 64.3 Å². The summed E-state index contributed by atoms with van der Waals surface area (Å²) in [5.41, 5.74) is 7.48. The van der Waals surface area contributed by atoms with Crippen LogP contribution in [0.25, 0.3) is 0 Å². The summed E-state index contributed by atoms with van der Waals surface area (Å²) in [6.45, 7) is 2.79. The predicted molar refractivity (Wildman–Crippen MR) is 85.1 cm³/mol. The Morgan fingerprint density at radius 1 is 1.29 bits per heavy atom. The molecule has 0 unspecified atom stereocenters. The van der Waals surface area contributed by atoms with E-state index in [9.17, 15) is 4.79 Å². The molecule has 1 amide bonds. The van der Waals surface area contributed by atoms with E-state index in [1.165, 1.54) is 0 Å². The zero-order valence-electron chi connectivity index (χ0n) is 11.7. The van der Waals surface area contributed by atoms with Crippen LogP contribution in [0.4, 0.5) is 5.69 Å². The Balaban J connectivity index is 2.12. The molecule has 0 atom stereocenters. The lowest BCUT2D eigenvalue weighted by Gasteiger charge is -2.09. The van der Waals surface area contributed by atoms with Crippen molar-refractivity contribution in [3.05, 3.63) is 58.6 Å². The summed E-state index contributed by atoms with van der Waals surface area (Å²) in [5.74, 6) is 0.407. The number of amides is 1. The maximum absolute atomic E-state index is 12.2. The third kappa shape index (κ3) is 4.21. The molecule has 0 radical (unpaired) electrons. The molecular formula is C16H17ClN2O2. The van der Waals surface area contributed by atoms with Gasteiger partial charge in [0, 0.05) is 18.3 Å². The lowest BCUT2D eigenvalue weighted by Crippen LogP contribution is -2.13. The van der Waals surface area contributed by atoms with Crippen molar-refractivity contribution in [2.45, 2.75) is 6.92 Å². The Morgan fingerprint density at radius 2 is 2.10 bits per heavy atom. The number of ether oxygens (including phenoxy) is 1. The molecule has 0 aliphatic heterocycles. The first-order valence-electron chi connectivity index (χ1n) is 6.60. The molecule has 4 nitrogen and oxygen atoms in total. The van der Waals surface area contributed by atoms with Crippen LogP contribution in [0.1, 0.15) is 15.9 Å². The molecule has 0 bridgehead atoms. The Morgan fingerprint density at radius 3 is 2.81 bits per heavy atom. The minimum Gasteiger partial charge on any atom is -0.492 e. The summed E-state index contributed by atoms with van der Waals surface area (Å²) in [6, 6.07) is 12.5. The van der Waals surface area contributed by atoms with Crippen LogP contribution >= 0.6 is 11.6 Å². The first-order chi connectivity index (χ1) is 10.1. The van der Waals surface area contributed by atoms with Crippen LogP contribution < -0.4 is 15.8 Å². The molecule has 0 aliphatic carbocycles. The van der Waals surface area contributed by atoms with Gasteiger partial charge in [-0.15, -0.1) is 0 Å². The fraction of sp³-hybridized carbons (Fsp3) is 0.188. The van der Waals surface area contributed by atoms with Crippen LogP contribution in [0.3, 0.4) is 0 Å². The van der Waals surface area contributed by atoms with E-state index in [1.807, 2.05) is 19.1 Å². The summed E-state index contributed by atoms with van der Waals surface area (Å²) in [6.07, 6.45) is 0. The van der Waals surface area contributed by atoms with Gasteiger partial charge in [-0.05, 0) is 36.8 Å². The summed E-state index contributed by atoms with van der Waals surface area (Å²) in [4.78, 5) is 12.2. The molecule has 2 rings (SSSR count). The molecule has 0 saturated heterocycles. The Labute approximate surface area is 128 Å². The molecule has 0 aliphatic rings. The monoisotopic (exact) mass is 304 g/mol. The number of nitrogens with two attached hydrogens (primary N) is 1. The standard InChI is InChI=1S/C16H17ClN2O2/c1-11-5-6-14(15(17)9-11)16(20)19-12-3-2-4-13(10-12)21-8-7-18/h2-6,9-10H,7-8,18H2,1H3,(H,19,20). The highest BCUT2D eigenvalue weighted by atomic mass is 35.5. The highest BCUT2D eigenvalue weighted by Crippen LogP contribution is 2.21. The maximum Gasteiger partial charge on any atom is 0.257 e. The number of benzene rings is 2. The minimum atomic E-state index is -0.254. The molecule has 110 valence electrons. The number of hydrogen-bond donors (Lipinski definition) is 2. The van der Waals surface area contributed by atoms with Gasteiger partial charge in [0.2, 0.25) is 0 Å². The van der Waals surface area contributed by atoms with E-state index in [-0.39, 0.29) is 5.91 Å². The van der Waals surface area contributed by atoms with Crippen LogP contribution in [0, 0.1) is 6.92 Å². The summed E-state index contributed by atoms with van der Waals surface area (Å²) in [5, 5.41) is 3.23. The molecule has 5 heteroatoms. The lowest BCUT2D eigenvalue weighted by atomic mass is 10.1. The third-order valence-corrected chi connectivity index (χ3v) is 3.16. The van der Waals surface area contributed by atoms with Gasteiger partial charge in [-0.1, -0.05) is 23.7 Å². The Hall–Kier alpha value is -2.04. The first-order valence-corrected chi connectivity index (χ1v) is 6.98. The van der Waals surface area contributed by atoms with E-state index < -0.39 is 0 Å². The largest absolute Gasteiger partial charge is 0.492 e. The van der Waals surface area contributed by atoms with Gasteiger partial charge < -0.3 is 15.8 Å². The van der Waals surface area contributed by atoms with Crippen LogP contribution in [0.5, 0.6) is 5.75 Å². The normalized spacial score (nSPS) is 10.2. The van der Waals surface area contributed by atoms with Gasteiger partial charge in [0.25, 0.3) is 5.91 Å². The second kappa shape index (κ2) is 7.11. The van der Waals surface area contributed by atoms with E-state index in [0.29, 0.717) is 35.2 Å². The van der Waals surface area contributed by atoms with E-state index in [0.717, 1.165) is 5.56 Å². The second-order valence-electron chi connectivity index (χ2n) is 4.60. The number of aryl methyl sites for hydroxylation is 1. The molecule has 3 N–H and O–H groups in total. The molecule has 0 aromatic heterocycles. The van der Waals surface area contributed by atoms with Crippen molar-refractivity contribution in [3.63, 3.8) is 0 Å². The lowest BCUT2D eigenvalue weighted by molar-refractivity contribution is 0.102. The van der Waals surface area contributed by atoms with Gasteiger partial charge >= 0.3 is 0 Å².